The minimum Gasteiger partial charge on any atom is -0.376 e. The van der Waals surface area contributed by atoms with E-state index in [4.69, 9.17) is 4.74 Å². The second-order valence-corrected chi connectivity index (χ2v) is 5.99. The van der Waals surface area contributed by atoms with E-state index in [1.54, 1.807) is 6.07 Å². The van der Waals surface area contributed by atoms with Gasteiger partial charge in [0, 0.05) is 19.3 Å². The highest BCUT2D eigenvalue weighted by molar-refractivity contribution is 5.92. The molecule has 1 amide bonds. The van der Waals surface area contributed by atoms with Gasteiger partial charge in [-0.05, 0) is 45.2 Å². The molecule has 2 N–H and O–H groups in total. The molecule has 0 saturated carbocycles. The molecule has 2 aliphatic heterocycles. The number of piperidine rings is 1. The number of aromatic nitrogens is 2. The maximum atomic E-state index is 12.2. The van der Waals surface area contributed by atoms with E-state index in [0.717, 1.165) is 45.4 Å². The number of rotatable bonds is 4. The Morgan fingerprint density at radius 1 is 1.52 bits per heavy atom. The highest BCUT2D eigenvalue weighted by Gasteiger charge is 2.25. The first kappa shape index (κ1) is 14.5. The van der Waals surface area contributed by atoms with Gasteiger partial charge < -0.3 is 15.4 Å². The van der Waals surface area contributed by atoms with Crippen molar-refractivity contribution in [3.8, 4) is 0 Å². The summed E-state index contributed by atoms with van der Waals surface area (Å²) in [7, 11) is 0. The van der Waals surface area contributed by atoms with Crippen LogP contribution in [-0.2, 0) is 4.74 Å². The molecule has 3 heterocycles. The number of nitrogens with zero attached hydrogens (tertiary/aromatic N) is 2. The predicted octanol–water partition coefficient (Wildman–Crippen LogP) is 1.10. The number of carbonyl (C=O) groups is 1. The van der Waals surface area contributed by atoms with Gasteiger partial charge in [0.2, 0.25) is 0 Å². The minimum absolute atomic E-state index is 0.0292. The molecule has 1 aromatic rings. The van der Waals surface area contributed by atoms with Gasteiger partial charge >= 0.3 is 0 Å². The second kappa shape index (κ2) is 6.58. The van der Waals surface area contributed by atoms with Gasteiger partial charge in [-0.15, -0.1) is 0 Å². The Morgan fingerprint density at radius 3 is 3.14 bits per heavy atom. The van der Waals surface area contributed by atoms with Crippen molar-refractivity contribution in [1.82, 2.24) is 20.4 Å². The lowest BCUT2D eigenvalue weighted by molar-refractivity contribution is 0.0709. The van der Waals surface area contributed by atoms with Crippen LogP contribution in [0.2, 0.25) is 0 Å². The molecule has 21 heavy (non-hydrogen) atoms. The molecule has 0 aliphatic carbocycles. The van der Waals surface area contributed by atoms with Crippen molar-refractivity contribution in [3.05, 3.63) is 18.0 Å². The van der Waals surface area contributed by atoms with E-state index in [9.17, 15) is 4.79 Å². The maximum Gasteiger partial charge on any atom is 0.272 e. The van der Waals surface area contributed by atoms with Gasteiger partial charge in [0.1, 0.15) is 5.69 Å². The molecule has 3 unspecified atom stereocenters. The third-order valence-corrected chi connectivity index (χ3v) is 4.37. The average Bonchev–Trinajstić information content (AvgIpc) is 3.20. The topological polar surface area (TPSA) is 68.2 Å². The molecule has 3 rings (SSSR count). The summed E-state index contributed by atoms with van der Waals surface area (Å²) >= 11 is 0. The molecule has 116 valence electrons. The van der Waals surface area contributed by atoms with Gasteiger partial charge in [-0.1, -0.05) is 0 Å². The fraction of sp³-hybridized carbons (Fsp3) is 0.733. The second-order valence-electron chi connectivity index (χ2n) is 5.99. The number of ether oxygens (including phenoxy) is 1. The smallest absolute Gasteiger partial charge is 0.272 e. The normalized spacial score (nSPS) is 27.5. The van der Waals surface area contributed by atoms with Gasteiger partial charge in [-0.3, -0.25) is 9.48 Å². The third-order valence-electron chi connectivity index (χ3n) is 4.37. The lowest BCUT2D eigenvalue weighted by Crippen LogP contribution is -2.41. The summed E-state index contributed by atoms with van der Waals surface area (Å²) < 4.78 is 7.52. The standard InChI is InChI=1S/C15H24N4O2/c1-11(14-5-3-9-21-14)17-15(20)13-6-8-19(18-13)12-4-2-7-16-10-12/h6,8,11-12,14,16H,2-5,7,9-10H2,1H3,(H,17,20). The number of hydrogen-bond acceptors (Lipinski definition) is 4. The summed E-state index contributed by atoms with van der Waals surface area (Å²) in [4.78, 5) is 12.2. The third kappa shape index (κ3) is 3.44. The van der Waals surface area contributed by atoms with E-state index >= 15 is 0 Å². The fourth-order valence-corrected chi connectivity index (χ4v) is 3.09. The molecule has 6 heteroatoms. The Labute approximate surface area is 125 Å². The van der Waals surface area contributed by atoms with Gasteiger partial charge in [-0.25, -0.2) is 0 Å². The molecule has 2 fully saturated rings. The van der Waals surface area contributed by atoms with Crippen LogP contribution in [0.1, 0.15) is 49.1 Å². The van der Waals surface area contributed by atoms with E-state index in [-0.39, 0.29) is 18.1 Å². The van der Waals surface area contributed by atoms with Gasteiger partial charge in [-0.2, -0.15) is 5.10 Å². The monoisotopic (exact) mass is 292 g/mol. The van der Waals surface area contributed by atoms with E-state index in [0.29, 0.717) is 11.7 Å². The van der Waals surface area contributed by atoms with E-state index in [1.165, 1.54) is 0 Å². The summed E-state index contributed by atoms with van der Waals surface area (Å²) in [6, 6.07) is 2.18. The zero-order valence-corrected chi connectivity index (χ0v) is 12.5. The van der Waals surface area contributed by atoms with Crippen molar-refractivity contribution in [2.75, 3.05) is 19.7 Å². The van der Waals surface area contributed by atoms with Crippen molar-refractivity contribution >= 4 is 5.91 Å². The van der Waals surface area contributed by atoms with Crippen molar-refractivity contribution in [1.29, 1.82) is 0 Å². The van der Waals surface area contributed by atoms with Crippen LogP contribution in [-0.4, -0.2) is 47.5 Å². The highest BCUT2D eigenvalue weighted by atomic mass is 16.5. The number of nitrogens with one attached hydrogen (secondary N) is 2. The van der Waals surface area contributed by atoms with Crippen LogP contribution in [0.4, 0.5) is 0 Å². The molecular weight excluding hydrogens is 268 g/mol. The number of amides is 1. The van der Waals surface area contributed by atoms with Crippen LogP contribution in [0.5, 0.6) is 0 Å². The SMILES string of the molecule is CC(NC(=O)c1ccn(C2CCCNC2)n1)C1CCCO1. The predicted molar refractivity (Wildman–Crippen MR) is 79.3 cm³/mol. The number of carbonyl (C=O) groups excluding carboxylic acids is 1. The summed E-state index contributed by atoms with van der Waals surface area (Å²) in [5.74, 6) is -0.111. The average molecular weight is 292 g/mol. The lowest BCUT2D eigenvalue weighted by Gasteiger charge is -2.23. The van der Waals surface area contributed by atoms with Crippen LogP contribution in [0, 0.1) is 0 Å². The molecule has 0 bridgehead atoms. The van der Waals surface area contributed by atoms with Gasteiger partial charge in [0.05, 0.1) is 18.2 Å². The van der Waals surface area contributed by atoms with E-state index < -0.39 is 0 Å². The highest BCUT2D eigenvalue weighted by Crippen LogP contribution is 2.17. The summed E-state index contributed by atoms with van der Waals surface area (Å²) in [5, 5.41) is 10.8. The van der Waals surface area contributed by atoms with Gasteiger partial charge in [0.25, 0.3) is 5.91 Å². The van der Waals surface area contributed by atoms with Crippen molar-refractivity contribution in [2.24, 2.45) is 0 Å². The molecular formula is C15H24N4O2. The van der Waals surface area contributed by atoms with Crippen LogP contribution in [0.15, 0.2) is 12.3 Å². The van der Waals surface area contributed by atoms with Crippen LogP contribution in [0.3, 0.4) is 0 Å². The summed E-state index contributed by atoms with van der Waals surface area (Å²) in [5.41, 5.74) is 0.491. The molecule has 0 spiro atoms. The molecule has 2 aliphatic rings. The Balaban J connectivity index is 1.58. The zero-order valence-electron chi connectivity index (χ0n) is 12.5. The Bertz CT molecular complexity index is 476. The van der Waals surface area contributed by atoms with Crippen molar-refractivity contribution in [3.63, 3.8) is 0 Å². The van der Waals surface area contributed by atoms with E-state index in [2.05, 4.69) is 15.7 Å². The molecule has 0 aromatic carbocycles. The van der Waals surface area contributed by atoms with Crippen molar-refractivity contribution in [2.45, 2.75) is 50.8 Å². The van der Waals surface area contributed by atoms with Gasteiger partial charge in [0.15, 0.2) is 0 Å². The van der Waals surface area contributed by atoms with Crippen LogP contribution >= 0.6 is 0 Å². The number of hydrogen-bond donors (Lipinski definition) is 2. The minimum atomic E-state index is -0.111. The molecule has 2 saturated heterocycles. The van der Waals surface area contributed by atoms with Crippen molar-refractivity contribution < 1.29 is 9.53 Å². The quantitative estimate of drug-likeness (QED) is 0.872. The molecule has 3 atom stereocenters. The first-order valence-electron chi connectivity index (χ1n) is 7.92. The Hall–Kier alpha value is -1.40. The molecule has 0 radical (unpaired) electrons. The van der Waals surface area contributed by atoms with E-state index in [1.807, 2.05) is 17.8 Å². The maximum absolute atomic E-state index is 12.2. The molecule has 6 nitrogen and oxygen atoms in total. The largest absolute Gasteiger partial charge is 0.376 e. The first-order chi connectivity index (χ1) is 10.2. The molecule has 1 aromatic heterocycles. The first-order valence-corrected chi connectivity index (χ1v) is 7.92. The van der Waals surface area contributed by atoms with Crippen LogP contribution in [0.25, 0.3) is 0 Å². The summed E-state index contributed by atoms with van der Waals surface area (Å²) in [6.07, 6.45) is 6.41. The van der Waals surface area contributed by atoms with Crippen LogP contribution < -0.4 is 10.6 Å². The Kier molecular flexibility index (Phi) is 4.55. The Morgan fingerprint density at radius 2 is 2.43 bits per heavy atom. The summed E-state index contributed by atoms with van der Waals surface area (Å²) in [6.45, 7) is 4.79. The zero-order chi connectivity index (χ0) is 14.7. The lowest BCUT2D eigenvalue weighted by atomic mass is 10.1. The fourth-order valence-electron chi connectivity index (χ4n) is 3.09.